The van der Waals surface area contributed by atoms with Crippen LogP contribution in [0, 0.1) is 5.41 Å². The molecule has 1 aromatic rings. The molecule has 2 rings (SSSR count). The van der Waals surface area contributed by atoms with Crippen molar-refractivity contribution in [3.63, 3.8) is 0 Å². The van der Waals surface area contributed by atoms with E-state index >= 15 is 0 Å². The Hall–Kier alpha value is -1.58. The lowest BCUT2D eigenvalue weighted by Gasteiger charge is -2.25. The third-order valence-electron chi connectivity index (χ3n) is 4.07. The summed E-state index contributed by atoms with van der Waals surface area (Å²) in [5.74, 6) is -0.205. The number of hydrogen-bond acceptors (Lipinski definition) is 4. The molecule has 0 unspecified atom stereocenters. The maximum atomic E-state index is 12.2. The smallest absolute Gasteiger partial charge is 0.337 e. The van der Waals surface area contributed by atoms with Crippen LogP contribution in [0.25, 0.3) is 0 Å². The Kier molecular flexibility index (Phi) is 4.50. The second-order valence-electron chi connectivity index (χ2n) is 7.85. The molecule has 0 radical (unpaired) electrons. The summed E-state index contributed by atoms with van der Waals surface area (Å²) in [7, 11) is 0. The molecule has 22 heavy (non-hydrogen) atoms. The Labute approximate surface area is 133 Å². The number of rotatable bonds is 4. The highest BCUT2D eigenvalue weighted by atomic mass is 16.7. The monoisotopic (exact) mass is 304 g/mol. The second-order valence-corrected chi connectivity index (χ2v) is 7.85. The lowest BCUT2D eigenvalue weighted by Crippen LogP contribution is -2.35. The first-order chi connectivity index (χ1) is 10.1. The van der Waals surface area contributed by atoms with Gasteiger partial charge in [-0.1, -0.05) is 27.2 Å². The van der Waals surface area contributed by atoms with E-state index in [0.29, 0.717) is 6.54 Å². The molecule has 1 aromatic heterocycles. The average molecular weight is 304 g/mol. The Morgan fingerprint density at radius 3 is 2.68 bits per heavy atom. The van der Waals surface area contributed by atoms with Crippen molar-refractivity contribution in [2.75, 3.05) is 11.6 Å². The van der Waals surface area contributed by atoms with Gasteiger partial charge in [-0.15, -0.1) is 0 Å². The van der Waals surface area contributed by atoms with Gasteiger partial charge in [0.1, 0.15) is 0 Å². The summed E-state index contributed by atoms with van der Waals surface area (Å²) in [6.45, 7) is 12.8. The van der Waals surface area contributed by atoms with E-state index in [1.54, 1.807) is 5.06 Å². The van der Waals surface area contributed by atoms with E-state index in [-0.39, 0.29) is 11.4 Å². The van der Waals surface area contributed by atoms with Crippen LogP contribution >= 0.6 is 0 Å². The van der Waals surface area contributed by atoms with Crippen molar-refractivity contribution < 1.29 is 9.63 Å². The van der Waals surface area contributed by atoms with Gasteiger partial charge in [0, 0.05) is 22.9 Å². The van der Waals surface area contributed by atoms with E-state index in [1.165, 1.54) is 0 Å². The number of hydroxylamine groups is 1. The van der Waals surface area contributed by atoms with Crippen molar-refractivity contribution in [1.82, 2.24) is 4.98 Å². The van der Waals surface area contributed by atoms with E-state index < -0.39 is 5.41 Å². The molecule has 0 fully saturated rings. The lowest BCUT2D eigenvalue weighted by molar-refractivity contribution is -0.154. The minimum atomic E-state index is -0.509. The molecule has 0 amide bonds. The number of nitrogens with zero attached hydrogens (tertiary/aromatic N) is 2. The normalized spacial score (nSPS) is 16.5. The summed E-state index contributed by atoms with van der Waals surface area (Å²) >= 11 is 0. The van der Waals surface area contributed by atoms with Crippen LogP contribution < -0.4 is 5.06 Å². The van der Waals surface area contributed by atoms with Gasteiger partial charge in [0.05, 0.1) is 17.6 Å². The van der Waals surface area contributed by atoms with Crippen molar-refractivity contribution >= 4 is 11.7 Å². The number of aryl methyl sites for hydroxylation is 1. The molecular weight excluding hydrogens is 276 g/mol. The van der Waals surface area contributed by atoms with E-state index in [9.17, 15) is 4.79 Å². The van der Waals surface area contributed by atoms with Crippen LogP contribution in [0.5, 0.6) is 0 Å². The highest BCUT2D eigenvalue weighted by Crippen LogP contribution is 2.41. The molecule has 0 saturated heterocycles. The van der Waals surface area contributed by atoms with Crippen LogP contribution in [-0.2, 0) is 21.5 Å². The first kappa shape index (κ1) is 16.8. The molecule has 0 N–H and O–H groups in total. The summed E-state index contributed by atoms with van der Waals surface area (Å²) in [6, 6.07) is 2.08. The van der Waals surface area contributed by atoms with Crippen molar-refractivity contribution in [2.24, 2.45) is 5.41 Å². The molecular formula is C18H28N2O2. The maximum absolute atomic E-state index is 12.2. The minimum Gasteiger partial charge on any atom is -0.340 e. The molecule has 0 saturated carbocycles. The zero-order chi connectivity index (χ0) is 16.5. The van der Waals surface area contributed by atoms with E-state index in [1.807, 2.05) is 27.0 Å². The largest absolute Gasteiger partial charge is 0.340 e. The predicted molar refractivity (Wildman–Crippen MR) is 88.8 cm³/mol. The van der Waals surface area contributed by atoms with Crippen LogP contribution in [0.1, 0.15) is 65.6 Å². The van der Waals surface area contributed by atoms with Gasteiger partial charge in [-0.25, -0.2) is 9.86 Å². The van der Waals surface area contributed by atoms with Gasteiger partial charge < -0.3 is 4.84 Å². The Morgan fingerprint density at radius 2 is 2.09 bits per heavy atom. The van der Waals surface area contributed by atoms with Crippen molar-refractivity contribution in [1.29, 1.82) is 0 Å². The van der Waals surface area contributed by atoms with E-state index in [4.69, 9.17) is 4.84 Å². The molecule has 0 spiro atoms. The zero-order valence-corrected chi connectivity index (χ0v) is 14.7. The van der Waals surface area contributed by atoms with Crippen LogP contribution in [-0.4, -0.2) is 17.5 Å². The maximum Gasteiger partial charge on any atom is 0.337 e. The van der Waals surface area contributed by atoms with Crippen molar-refractivity contribution in [3.05, 3.63) is 23.5 Å². The van der Waals surface area contributed by atoms with Crippen LogP contribution in [0.15, 0.2) is 12.3 Å². The van der Waals surface area contributed by atoms with Crippen LogP contribution in [0.4, 0.5) is 5.69 Å². The summed E-state index contributed by atoms with van der Waals surface area (Å²) in [6.07, 6.45) is 5.18. The zero-order valence-electron chi connectivity index (χ0n) is 14.7. The predicted octanol–water partition coefficient (Wildman–Crippen LogP) is 4.03. The number of anilines is 1. The summed E-state index contributed by atoms with van der Waals surface area (Å²) in [5.41, 5.74) is 2.63. The van der Waals surface area contributed by atoms with Gasteiger partial charge in [-0.05, 0) is 39.7 Å². The second kappa shape index (κ2) is 5.90. The first-order valence-corrected chi connectivity index (χ1v) is 8.14. The van der Waals surface area contributed by atoms with Gasteiger partial charge in [-0.2, -0.15) is 0 Å². The van der Waals surface area contributed by atoms with Gasteiger partial charge in [0.2, 0.25) is 0 Å². The molecule has 0 aliphatic carbocycles. The van der Waals surface area contributed by atoms with E-state index in [2.05, 4.69) is 31.8 Å². The molecule has 4 nitrogen and oxygen atoms in total. The highest BCUT2D eigenvalue weighted by Gasteiger charge is 2.39. The summed E-state index contributed by atoms with van der Waals surface area (Å²) in [4.78, 5) is 22.5. The molecule has 1 aliphatic heterocycles. The molecule has 4 heteroatoms. The molecule has 0 atom stereocenters. The van der Waals surface area contributed by atoms with Gasteiger partial charge in [0.15, 0.2) is 0 Å². The standard InChI is InChI=1S/C18H28N2O2/c1-7-8-9-13-10-15-14(11-19-13)18(5,6)12-20(15)22-16(21)17(2,3)4/h10-11H,7-9,12H2,1-6H3. The molecule has 0 bridgehead atoms. The Morgan fingerprint density at radius 1 is 1.41 bits per heavy atom. The number of pyridine rings is 1. The Balaban J connectivity index is 2.28. The fourth-order valence-electron chi connectivity index (χ4n) is 2.56. The minimum absolute atomic E-state index is 0.0657. The molecule has 122 valence electrons. The fourth-order valence-corrected chi connectivity index (χ4v) is 2.56. The number of hydrogen-bond donors (Lipinski definition) is 0. The van der Waals surface area contributed by atoms with Crippen LogP contribution in [0.3, 0.4) is 0 Å². The molecule has 0 aromatic carbocycles. The summed E-state index contributed by atoms with van der Waals surface area (Å²) in [5, 5.41) is 1.75. The SMILES string of the molecule is CCCCc1cc2c(cn1)C(C)(C)CN2OC(=O)C(C)(C)C. The third kappa shape index (κ3) is 3.42. The third-order valence-corrected chi connectivity index (χ3v) is 4.07. The fraction of sp³-hybridized carbons (Fsp3) is 0.667. The number of fused-ring (bicyclic) bond motifs is 1. The van der Waals surface area contributed by atoms with Gasteiger partial charge >= 0.3 is 5.97 Å². The number of carbonyl (C=O) groups is 1. The highest BCUT2D eigenvalue weighted by molar-refractivity contribution is 5.77. The Bertz CT molecular complexity index is 559. The number of aromatic nitrogens is 1. The van der Waals surface area contributed by atoms with Gasteiger partial charge in [-0.3, -0.25) is 4.98 Å². The van der Waals surface area contributed by atoms with E-state index in [0.717, 1.165) is 36.2 Å². The average Bonchev–Trinajstić information content (AvgIpc) is 2.66. The molecule has 1 aliphatic rings. The van der Waals surface area contributed by atoms with Crippen molar-refractivity contribution in [2.45, 2.75) is 66.2 Å². The lowest BCUT2D eigenvalue weighted by atomic mass is 9.88. The molecule has 2 heterocycles. The number of carbonyl (C=O) groups excluding carboxylic acids is 1. The topological polar surface area (TPSA) is 42.4 Å². The van der Waals surface area contributed by atoms with Crippen LogP contribution in [0.2, 0.25) is 0 Å². The first-order valence-electron chi connectivity index (χ1n) is 8.14. The van der Waals surface area contributed by atoms with Crippen molar-refractivity contribution in [3.8, 4) is 0 Å². The summed E-state index contributed by atoms with van der Waals surface area (Å²) < 4.78 is 0. The van der Waals surface area contributed by atoms with Gasteiger partial charge in [0.25, 0.3) is 0 Å². The quantitative estimate of drug-likeness (QED) is 0.842. The number of unbranched alkanes of at least 4 members (excludes halogenated alkanes) is 1.